The standard InChI is InChI=1S/C12H10BrFN2O2S/c1-8-2-5-12(15-7-8)16-19(17,18)11-4-3-9(14)6-10(11)13/h2-7H,1H3,(H,15,16). The minimum Gasteiger partial charge on any atom is -0.263 e. The maximum atomic E-state index is 12.9. The van der Waals surface area contributed by atoms with Crippen LogP contribution in [0, 0.1) is 12.7 Å². The Morgan fingerprint density at radius 2 is 2.00 bits per heavy atom. The summed E-state index contributed by atoms with van der Waals surface area (Å²) in [5.74, 6) is -0.305. The molecule has 0 aliphatic rings. The third-order valence-electron chi connectivity index (χ3n) is 2.33. The van der Waals surface area contributed by atoms with Crippen LogP contribution in [0.25, 0.3) is 0 Å². The molecule has 1 aromatic carbocycles. The van der Waals surface area contributed by atoms with Crippen LogP contribution in [0.3, 0.4) is 0 Å². The molecule has 0 saturated carbocycles. The van der Waals surface area contributed by atoms with E-state index in [-0.39, 0.29) is 15.2 Å². The molecule has 1 aromatic heterocycles. The Balaban J connectivity index is 2.35. The SMILES string of the molecule is Cc1ccc(NS(=O)(=O)c2ccc(F)cc2Br)nc1. The molecule has 100 valence electrons. The molecular formula is C12H10BrFN2O2S. The third kappa shape index (κ3) is 3.30. The van der Waals surface area contributed by atoms with Crippen LogP contribution >= 0.6 is 15.9 Å². The van der Waals surface area contributed by atoms with Crippen molar-refractivity contribution in [1.82, 2.24) is 4.98 Å². The molecule has 2 aromatic rings. The zero-order chi connectivity index (χ0) is 14.0. The van der Waals surface area contributed by atoms with Crippen LogP contribution in [0.4, 0.5) is 10.2 Å². The highest BCUT2D eigenvalue weighted by Crippen LogP contribution is 2.24. The van der Waals surface area contributed by atoms with Crippen molar-refractivity contribution in [2.45, 2.75) is 11.8 Å². The lowest BCUT2D eigenvalue weighted by Gasteiger charge is -2.09. The quantitative estimate of drug-likeness (QED) is 0.930. The van der Waals surface area contributed by atoms with Gasteiger partial charge in [-0.3, -0.25) is 4.72 Å². The van der Waals surface area contributed by atoms with Gasteiger partial charge in [0.05, 0.1) is 0 Å². The summed E-state index contributed by atoms with van der Waals surface area (Å²) in [5.41, 5.74) is 0.922. The van der Waals surface area contributed by atoms with E-state index in [1.54, 1.807) is 18.3 Å². The minimum absolute atomic E-state index is 0.0451. The number of hydrogen-bond acceptors (Lipinski definition) is 3. The lowest BCUT2D eigenvalue weighted by atomic mass is 10.3. The van der Waals surface area contributed by atoms with Gasteiger partial charge in [0.1, 0.15) is 16.5 Å². The fourth-order valence-electron chi connectivity index (χ4n) is 1.41. The van der Waals surface area contributed by atoms with E-state index < -0.39 is 15.8 Å². The number of benzene rings is 1. The maximum Gasteiger partial charge on any atom is 0.264 e. The van der Waals surface area contributed by atoms with Gasteiger partial charge >= 0.3 is 0 Å². The van der Waals surface area contributed by atoms with Crippen molar-refractivity contribution in [3.8, 4) is 0 Å². The fraction of sp³-hybridized carbons (Fsp3) is 0.0833. The van der Waals surface area contributed by atoms with Gasteiger partial charge in [-0.2, -0.15) is 0 Å². The average molecular weight is 345 g/mol. The largest absolute Gasteiger partial charge is 0.264 e. The van der Waals surface area contributed by atoms with Crippen LogP contribution < -0.4 is 4.72 Å². The van der Waals surface area contributed by atoms with Crippen LogP contribution in [0.15, 0.2) is 45.9 Å². The summed E-state index contributed by atoms with van der Waals surface area (Å²) in [6.07, 6.45) is 1.55. The van der Waals surface area contributed by atoms with Crippen LogP contribution in [0.5, 0.6) is 0 Å². The van der Waals surface area contributed by atoms with Crippen LogP contribution in [0.2, 0.25) is 0 Å². The first-order valence-electron chi connectivity index (χ1n) is 5.29. The Hall–Kier alpha value is -1.47. The Bertz CT molecular complexity index is 702. The zero-order valence-corrected chi connectivity index (χ0v) is 12.3. The van der Waals surface area contributed by atoms with Crippen LogP contribution in [0.1, 0.15) is 5.56 Å². The molecule has 0 aliphatic heterocycles. The van der Waals surface area contributed by atoms with Gasteiger partial charge in [0.15, 0.2) is 0 Å². The van der Waals surface area contributed by atoms with Gasteiger partial charge in [0.2, 0.25) is 0 Å². The number of nitrogens with zero attached hydrogens (tertiary/aromatic N) is 1. The van der Waals surface area contributed by atoms with Crippen molar-refractivity contribution in [3.05, 3.63) is 52.4 Å². The summed E-state index contributed by atoms with van der Waals surface area (Å²) in [4.78, 5) is 3.91. The first-order valence-corrected chi connectivity index (χ1v) is 7.56. The number of nitrogens with one attached hydrogen (secondary N) is 1. The van der Waals surface area contributed by atoms with Gasteiger partial charge in [-0.05, 0) is 52.7 Å². The van der Waals surface area contributed by atoms with Gasteiger partial charge in [0, 0.05) is 10.7 Å². The molecule has 0 fully saturated rings. The van der Waals surface area contributed by atoms with Crippen molar-refractivity contribution < 1.29 is 12.8 Å². The van der Waals surface area contributed by atoms with E-state index in [1.807, 2.05) is 6.92 Å². The first-order chi connectivity index (χ1) is 8.88. The highest BCUT2D eigenvalue weighted by atomic mass is 79.9. The average Bonchev–Trinajstić information content (AvgIpc) is 2.31. The Morgan fingerprint density at radius 1 is 1.26 bits per heavy atom. The molecule has 0 bridgehead atoms. The number of aryl methyl sites for hydroxylation is 1. The topological polar surface area (TPSA) is 59.1 Å². The molecule has 0 aliphatic carbocycles. The second kappa shape index (κ2) is 5.26. The molecule has 0 spiro atoms. The Morgan fingerprint density at radius 3 is 2.58 bits per heavy atom. The van der Waals surface area contributed by atoms with Gasteiger partial charge in [0.25, 0.3) is 10.0 Å². The van der Waals surface area contributed by atoms with E-state index >= 15 is 0 Å². The van der Waals surface area contributed by atoms with Crippen molar-refractivity contribution in [2.24, 2.45) is 0 Å². The fourth-order valence-corrected chi connectivity index (χ4v) is 3.47. The number of aromatic nitrogens is 1. The molecule has 0 radical (unpaired) electrons. The van der Waals surface area contributed by atoms with E-state index in [4.69, 9.17) is 0 Å². The molecule has 19 heavy (non-hydrogen) atoms. The van der Waals surface area contributed by atoms with Gasteiger partial charge in [-0.15, -0.1) is 0 Å². The number of pyridine rings is 1. The number of halogens is 2. The second-order valence-electron chi connectivity index (χ2n) is 3.90. The van der Waals surface area contributed by atoms with Gasteiger partial charge in [-0.1, -0.05) is 6.07 Å². The third-order valence-corrected chi connectivity index (χ3v) is 4.67. The summed E-state index contributed by atoms with van der Waals surface area (Å²) in [7, 11) is -3.80. The highest BCUT2D eigenvalue weighted by molar-refractivity contribution is 9.10. The molecule has 2 rings (SSSR count). The van der Waals surface area contributed by atoms with Crippen molar-refractivity contribution in [2.75, 3.05) is 4.72 Å². The monoisotopic (exact) mass is 344 g/mol. The van der Waals surface area contributed by atoms with Gasteiger partial charge in [-0.25, -0.2) is 17.8 Å². The summed E-state index contributed by atoms with van der Waals surface area (Å²) >= 11 is 3.03. The zero-order valence-electron chi connectivity index (χ0n) is 9.89. The highest BCUT2D eigenvalue weighted by Gasteiger charge is 2.18. The first kappa shape index (κ1) is 14.0. The van der Waals surface area contributed by atoms with Crippen LogP contribution in [-0.4, -0.2) is 13.4 Å². The van der Waals surface area contributed by atoms with Crippen molar-refractivity contribution >= 4 is 31.8 Å². The van der Waals surface area contributed by atoms with E-state index in [0.717, 1.165) is 17.7 Å². The lowest BCUT2D eigenvalue weighted by molar-refractivity contribution is 0.598. The van der Waals surface area contributed by atoms with E-state index in [0.29, 0.717) is 0 Å². The van der Waals surface area contributed by atoms with Crippen molar-refractivity contribution in [3.63, 3.8) is 0 Å². The predicted molar refractivity (Wildman–Crippen MR) is 73.9 cm³/mol. The molecule has 0 amide bonds. The van der Waals surface area contributed by atoms with Crippen molar-refractivity contribution in [1.29, 1.82) is 0 Å². The Labute approximate surface area is 118 Å². The molecule has 1 N–H and O–H groups in total. The second-order valence-corrected chi connectivity index (χ2v) is 6.41. The predicted octanol–water partition coefficient (Wildman–Crippen LogP) is 3.09. The molecule has 4 nitrogen and oxygen atoms in total. The minimum atomic E-state index is -3.80. The molecule has 1 heterocycles. The number of rotatable bonds is 3. The smallest absolute Gasteiger partial charge is 0.263 e. The summed E-state index contributed by atoms with van der Waals surface area (Å²) in [5, 5.41) is 0. The van der Waals surface area contributed by atoms with Crippen LogP contribution in [-0.2, 0) is 10.0 Å². The Kier molecular flexibility index (Phi) is 3.86. The summed E-state index contributed by atoms with van der Waals surface area (Å²) in [6.45, 7) is 1.85. The van der Waals surface area contributed by atoms with E-state index in [1.165, 1.54) is 6.07 Å². The number of anilines is 1. The molecule has 7 heteroatoms. The molecule has 0 unspecified atom stereocenters. The summed E-state index contributed by atoms with van der Waals surface area (Å²) in [6, 6.07) is 6.67. The molecule has 0 saturated heterocycles. The molecular weight excluding hydrogens is 335 g/mol. The van der Waals surface area contributed by atoms with E-state index in [2.05, 4.69) is 25.6 Å². The van der Waals surface area contributed by atoms with E-state index in [9.17, 15) is 12.8 Å². The number of sulfonamides is 1. The van der Waals surface area contributed by atoms with Gasteiger partial charge < -0.3 is 0 Å². The lowest BCUT2D eigenvalue weighted by Crippen LogP contribution is -2.14. The molecule has 0 atom stereocenters. The normalized spacial score (nSPS) is 11.3. The maximum absolute atomic E-state index is 12.9. The summed E-state index contributed by atoms with van der Waals surface area (Å²) < 4.78 is 39.7. The number of hydrogen-bond donors (Lipinski definition) is 1.